The highest BCUT2D eigenvalue weighted by Gasteiger charge is 2.21. The molecule has 1 unspecified atom stereocenters. The van der Waals surface area contributed by atoms with Gasteiger partial charge in [-0.05, 0) is 41.4 Å². The number of amides is 1. The Kier molecular flexibility index (Phi) is 4.10. The van der Waals surface area contributed by atoms with Gasteiger partial charge in [-0.25, -0.2) is 0 Å². The van der Waals surface area contributed by atoms with Crippen LogP contribution >= 0.6 is 15.9 Å². The van der Waals surface area contributed by atoms with Crippen LogP contribution in [0.5, 0.6) is 0 Å². The van der Waals surface area contributed by atoms with Crippen LogP contribution in [0.4, 0.5) is 5.69 Å². The first-order valence-corrected chi connectivity index (χ1v) is 8.02. The number of fused-ring (bicyclic) bond motifs is 1. The lowest BCUT2D eigenvalue weighted by atomic mass is 10.1. The van der Waals surface area contributed by atoms with Crippen molar-refractivity contribution in [3.63, 3.8) is 0 Å². The van der Waals surface area contributed by atoms with Gasteiger partial charge < -0.3 is 10.2 Å². The number of pyridine rings is 1. The van der Waals surface area contributed by atoms with Crippen LogP contribution in [0, 0.1) is 0 Å². The molecule has 1 atom stereocenters. The van der Waals surface area contributed by atoms with Gasteiger partial charge in [-0.1, -0.05) is 12.1 Å². The topological polar surface area (TPSA) is 45.2 Å². The van der Waals surface area contributed by atoms with Crippen LogP contribution in [0.2, 0.25) is 0 Å². The molecule has 0 spiro atoms. The molecule has 1 aliphatic heterocycles. The SMILES string of the molecule is CC(CN1CCCC1=O)Nc1ccnc2c(Br)cccc12. The summed E-state index contributed by atoms with van der Waals surface area (Å²) in [6.07, 6.45) is 3.48. The van der Waals surface area contributed by atoms with Gasteiger partial charge in [0.25, 0.3) is 0 Å². The fraction of sp³-hybridized carbons (Fsp3) is 0.375. The molecule has 1 amide bonds. The first kappa shape index (κ1) is 14.3. The van der Waals surface area contributed by atoms with Crippen molar-refractivity contribution >= 4 is 38.4 Å². The minimum Gasteiger partial charge on any atom is -0.380 e. The summed E-state index contributed by atoms with van der Waals surface area (Å²) in [6.45, 7) is 3.74. The number of nitrogens with one attached hydrogen (secondary N) is 1. The van der Waals surface area contributed by atoms with E-state index in [0.29, 0.717) is 6.42 Å². The molecule has 2 heterocycles. The molecule has 0 radical (unpaired) electrons. The minimum atomic E-state index is 0.205. The van der Waals surface area contributed by atoms with E-state index in [2.05, 4.69) is 39.2 Å². The van der Waals surface area contributed by atoms with E-state index in [4.69, 9.17) is 0 Å². The second kappa shape index (κ2) is 6.02. The lowest BCUT2D eigenvalue weighted by Gasteiger charge is -2.23. The Morgan fingerprint density at radius 1 is 1.43 bits per heavy atom. The van der Waals surface area contributed by atoms with Crippen molar-refractivity contribution in [2.45, 2.75) is 25.8 Å². The largest absolute Gasteiger partial charge is 0.380 e. The summed E-state index contributed by atoms with van der Waals surface area (Å²) in [7, 11) is 0. The molecule has 1 N–H and O–H groups in total. The Morgan fingerprint density at radius 2 is 2.29 bits per heavy atom. The molecule has 21 heavy (non-hydrogen) atoms. The van der Waals surface area contributed by atoms with Gasteiger partial charge in [0.05, 0.1) is 5.52 Å². The van der Waals surface area contributed by atoms with Crippen molar-refractivity contribution in [2.75, 3.05) is 18.4 Å². The number of para-hydroxylation sites is 1. The lowest BCUT2D eigenvalue weighted by Crippen LogP contribution is -2.35. The highest BCUT2D eigenvalue weighted by molar-refractivity contribution is 9.10. The standard InChI is InChI=1S/C16H18BrN3O/c1-11(10-20-9-3-6-15(20)21)19-14-7-8-18-16-12(14)4-2-5-13(16)17/h2,4-5,7-8,11H,3,6,9-10H2,1H3,(H,18,19). The van der Waals surface area contributed by atoms with Crippen molar-refractivity contribution in [3.05, 3.63) is 34.9 Å². The third-order valence-electron chi connectivity index (χ3n) is 3.79. The Bertz CT molecular complexity index is 674. The molecule has 0 bridgehead atoms. The van der Waals surface area contributed by atoms with Crippen LogP contribution in [0.25, 0.3) is 10.9 Å². The molecule has 5 heteroatoms. The van der Waals surface area contributed by atoms with Crippen LogP contribution in [0.3, 0.4) is 0 Å². The number of anilines is 1. The van der Waals surface area contributed by atoms with E-state index in [1.54, 1.807) is 0 Å². The highest BCUT2D eigenvalue weighted by Crippen LogP contribution is 2.27. The van der Waals surface area contributed by atoms with Crippen molar-refractivity contribution in [1.82, 2.24) is 9.88 Å². The van der Waals surface area contributed by atoms with Gasteiger partial charge in [0.1, 0.15) is 0 Å². The summed E-state index contributed by atoms with van der Waals surface area (Å²) in [5.74, 6) is 0.269. The van der Waals surface area contributed by atoms with Crippen LogP contribution in [0.15, 0.2) is 34.9 Å². The third kappa shape index (κ3) is 3.02. The smallest absolute Gasteiger partial charge is 0.222 e. The molecule has 2 aromatic rings. The molecule has 1 aliphatic rings. The van der Waals surface area contributed by atoms with Crippen LogP contribution in [-0.4, -0.2) is 34.9 Å². The van der Waals surface area contributed by atoms with E-state index in [-0.39, 0.29) is 11.9 Å². The van der Waals surface area contributed by atoms with Gasteiger partial charge in [-0.3, -0.25) is 9.78 Å². The van der Waals surface area contributed by atoms with E-state index in [9.17, 15) is 4.79 Å². The van der Waals surface area contributed by atoms with Gasteiger partial charge in [0, 0.05) is 47.3 Å². The van der Waals surface area contributed by atoms with Gasteiger partial charge in [-0.15, -0.1) is 0 Å². The quantitative estimate of drug-likeness (QED) is 0.921. The number of hydrogen-bond acceptors (Lipinski definition) is 3. The van der Waals surface area contributed by atoms with E-state index in [1.165, 1.54) is 0 Å². The summed E-state index contributed by atoms with van der Waals surface area (Å²) in [5, 5.41) is 4.59. The van der Waals surface area contributed by atoms with Crippen LogP contribution in [-0.2, 0) is 4.79 Å². The summed E-state index contributed by atoms with van der Waals surface area (Å²) >= 11 is 3.53. The maximum Gasteiger partial charge on any atom is 0.222 e. The van der Waals surface area contributed by atoms with Crippen LogP contribution < -0.4 is 5.32 Å². The maximum absolute atomic E-state index is 11.7. The Hall–Kier alpha value is -1.62. The maximum atomic E-state index is 11.7. The Balaban J connectivity index is 1.78. The molecule has 1 saturated heterocycles. The summed E-state index contributed by atoms with van der Waals surface area (Å²) in [6, 6.07) is 8.25. The normalized spacial score (nSPS) is 16.5. The second-order valence-corrected chi connectivity index (χ2v) is 6.34. The second-order valence-electron chi connectivity index (χ2n) is 5.48. The zero-order valence-electron chi connectivity index (χ0n) is 12.0. The van der Waals surface area contributed by atoms with E-state index in [0.717, 1.165) is 40.6 Å². The predicted octanol–water partition coefficient (Wildman–Crippen LogP) is 3.42. The van der Waals surface area contributed by atoms with Crippen molar-refractivity contribution < 1.29 is 4.79 Å². The molecule has 0 aliphatic carbocycles. The monoisotopic (exact) mass is 347 g/mol. The highest BCUT2D eigenvalue weighted by atomic mass is 79.9. The summed E-state index contributed by atoms with van der Waals surface area (Å²) in [5.41, 5.74) is 2.01. The summed E-state index contributed by atoms with van der Waals surface area (Å²) in [4.78, 5) is 18.1. The number of nitrogens with zero attached hydrogens (tertiary/aromatic N) is 2. The third-order valence-corrected chi connectivity index (χ3v) is 4.43. The fourth-order valence-electron chi connectivity index (χ4n) is 2.80. The Morgan fingerprint density at radius 3 is 3.05 bits per heavy atom. The molecular weight excluding hydrogens is 330 g/mol. The summed E-state index contributed by atoms with van der Waals surface area (Å²) < 4.78 is 0.992. The first-order valence-electron chi connectivity index (χ1n) is 7.22. The molecule has 1 aromatic carbocycles. The molecule has 1 fully saturated rings. The van der Waals surface area contributed by atoms with Gasteiger partial charge in [0.2, 0.25) is 5.91 Å². The fourth-order valence-corrected chi connectivity index (χ4v) is 3.27. The predicted molar refractivity (Wildman–Crippen MR) is 88.3 cm³/mol. The van der Waals surface area contributed by atoms with Gasteiger partial charge >= 0.3 is 0 Å². The number of likely N-dealkylation sites (tertiary alicyclic amines) is 1. The Labute approximate surface area is 132 Å². The zero-order valence-corrected chi connectivity index (χ0v) is 13.6. The molecule has 0 saturated carbocycles. The van der Waals surface area contributed by atoms with Crippen molar-refractivity contribution in [2.24, 2.45) is 0 Å². The van der Waals surface area contributed by atoms with Crippen molar-refractivity contribution in [3.8, 4) is 0 Å². The number of hydrogen-bond donors (Lipinski definition) is 1. The molecule has 110 valence electrons. The lowest BCUT2D eigenvalue weighted by molar-refractivity contribution is -0.127. The number of aromatic nitrogens is 1. The van der Waals surface area contributed by atoms with E-state index in [1.807, 2.05) is 29.3 Å². The number of carbonyl (C=O) groups excluding carboxylic acids is 1. The molecule has 1 aromatic heterocycles. The number of rotatable bonds is 4. The first-order chi connectivity index (χ1) is 10.1. The molecular formula is C16H18BrN3O. The van der Waals surface area contributed by atoms with Gasteiger partial charge in [0.15, 0.2) is 0 Å². The molecule has 4 nitrogen and oxygen atoms in total. The van der Waals surface area contributed by atoms with E-state index >= 15 is 0 Å². The zero-order chi connectivity index (χ0) is 14.8. The van der Waals surface area contributed by atoms with Crippen molar-refractivity contribution in [1.29, 1.82) is 0 Å². The minimum absolute atomic E-state index is 0.205. The average Bonchev–Trinajstić information content (AvgIpc) is 2.85. The van der Waals surface area contributed by atoms with E-state index < -0.39 is 0 Å². The molecule has 3 rings (SSSR count). The number of benzene rings is 1. The number of halogens is 1. The van der Waals surface area contributed by atoms with Gasteiger partial charge in [-0.2, -0.15) is 0 Å². The average molecular weight is 348 g/mol. The van der Waals surface area contributed by atoms with Crippen LogP contribution in [0.1, 0.15) is 19.8 Å². The number of carbonyl (C=O) groups is 1.